The van der Waals surface area contributed by atoms with Gasteiger partial charge in [-0.3, -0.25) is 0 Å². The van der Waals surface area contributed by atoms with Gasteiger partial charge in [0.05, 0.1) is 0 Å². The third kappa shape index (κ3) is 4.45. The first-order valence-corrected chi connectivity index (χ1v) is 9.57. The Bertz CT molecular complexity index is 407. The summed E-state index contributed by atoms with van der Waals surface area (Å²) in [5.74, 6) is 0.945. The fourth-order valence-corrected chi connectivity index (χ4v) is 7.38. The van der Waals surface area contributed by atoms with Crippen LogP contribution in [0.15, 0.2) is 45.3 Å². The molecule has 3 aliphatic rings. The summed E-state index contributed by atoms with van der Waals surface area (Å²) in [5, 5.41) is 0. The van der Waals surface area contributed by atoms with E-state index in [-0.39, 0.29) is 48.0 Å². The zero-order chi connectivity index (χ0) is 11.5. The van der Waals surface area contributed by atoms with Crippen molar-refractivity contribution in [3.8, 4) is 0 Å². The van der Waals surface area contributed by atoms with Crippen molar-refractivity contribution in [1.82, 2.24) is 0 Å². The quantitative estimate of drug-likeness (QED) is 0.569. The Hall–Kier alpha value is 0.423. The van der Waals surface area contributed by atoms with Gasteiger partial charge in [0, 0.05) is 0 Å². The number of fused-ring (bicyclic) bond motifs is 1. The Morgan fingerprint density at radius 2 is 1.79 bits per heavy atom. The first-order valence-electron chi connectivity index (χ1n) is 6.92. The van der Waals surface area contributed by atoms with E-state index in [4.69, 9.17) is 0 Å². The van der Waals surface area contributed by atoms with Gasteiger partial charge in [-0.1, -0.05) is 0 Å². The first-order chi connectivity index (χ1) is 8.43. The number of hydrogen-bond donors (Lipinski definition) is 0. The summed E-state index contributed by atoms with van der Waals surface area (Å²) in [4.78, 5) is 0. The molecule has 0 heterocycles. The fourth-order valence-electron chi connectivity index (χ4n) is 3.24. The first kappa shape index (κ1) is 17.5. The summed E-state index contributed by atoms with van der Waals surface area (Å²) in [6, 6.07) is 0. The van der Waals surface area contributed by atoms with Crippen LogP contribution in [0.3, 0.4) is 0 Å². The van der Waals surface area contributed by atoms with Crippen LogP contribution < -0.4 is 24.8 Å². The van der Waals surface area contributed by atoms with E-state index in [1.54, 1.807) is 0 Å². The summed E-state index contributed by atoms with van der Waals surface area (Å²) >= 11 is -0.332. The molecule has 3 rings (SSSR count). The van der Waals surface area contributed by atoms with Gasteiger partial charge in [0.25, 0.3) is 0 Å². The number of rotatable bonds is 2. The maximum absolute atomic E-state index is 2.48. The van der Waals surface area contributed by atoms with Crippen LogP contribution in [0.25, 0.3) is 0 Å². The van der Waals surface area contributed by atoms with Crippen molar-refractivity contribution >= 4 is 0 Å². The van der Waals surface area contributed by atoms with Gasteiger partial charge < -0.3 is 24.8 Å². The van der Waals surface area contributed by atoms with E-state index in [0.717, 1.165) is 9.54 Å². The van der Waals surface area contributed by atoms with Gasteiger partial charge in [0.15, 0.2) is 0 Å². The molecular formula is C16H20Cl2Zr. The Morgan fingerprint density at radius 1 is 0.947 bits per heavy atom. The van der Waals surface area contributed by atoms with Crippen LogP contribution >= 0.6 is 0 Å². The van der Waals surface area contributed by atoms with Crippen molar-refractivity contribution in [2.24, 2.45) is 5.92 Å². The molecule has 0 nitrogen and oxygen atoms in total. The van der Waals surface area contributed by atoms with Crippen LogP contribution in [-0.2, 0) is 23.2 Å². The summed E-state index contributed by atoms with van der Waals surface area (Å²) in [7, 11) is 0. The standard InChI is InChI=1S/C11H15.C5H5.2ClH.Zr/c1-2-4-7-11-9-5-8-10(11)6-3-1;1-2-4-5-3-1;;;/h1,3,6,8,11H,2,4-5,7,9H2;1-3H,4H2;2*1H;/q;;;;+2/p-2. The average molecular weight is 374 g/mol. The Balaban J connectivity index is 0.000000902. The minimum atomic E-state index is -0.332. The minimum Gasteiger partial charge on any atom is -1.00 e. The van der Waals surface area contributed by atoms with E-state index >= 15 is 0 Å². The summed E-state index contributed by atoms with van der Waals surface area (Å²) in [6.45, 7) is 0. The van der Waals surface area contributed by atoms with E-state index in [0.29, 0.717) is 0 Å². The zero-order valence-corrected chi connectivity index (χ0v) is 15.1. The molecule has 2 atom stereocenters. The summed E-state index contributed by atoms with van der Waals surface area (Å²) in [5.41, 5.74) is 1.83. The number of allylic oxidation sites excluding steroid dienone is 8. The molecule has 0 bridgehead atoms. The van der Waals surface area contributed by atoms with E-state index in [9.17, 15) is 0 Å². The molecule has 2 unspecified atom stereocenters. The zero-order valence-electron chi connectivity index (χ0n) is 11.1. The molecule has 0 spiro atoms. The molecular weight excluding hydrogens is 354 g/mol. The normalized spacial score (nSPS) is 28.0. The van der Waals surface area contributed by atoms with Crippen LogP contribution in [0, 0.1) is 5.92 Å². The Kier molecular flexibility index (Phi) is 7.96. The average Bonchev–Trinajstić information content (AvgIpc) is 2.90. The smallest absolute Gasteiger partial charge is 1.00 e. The van der Waals surface area contributed by atoms with Crippen molar-refractivity contribution in [3.05, 3.63) is 45.3 Å². The van der Waals surface area contributed by atoms with Gasteiger partial charge in [-0.15, -0.1) is 0 Å². The fraction of sp³-hybridized carbons (Fsp3) is 0.500. The van der Waals surface area contributed by atoms with Gasteiger partial charge in [-0.05, 0) is 0 Å². The largest absolute Gasteiger partial charge is 1.00 e. The van der Waals surface area contributed by atoms with Crippen LogP contribution in [-0.4, -0.2) is 0 Å². The number of hydrogen-bond acceptors (Lipinski definition) is 0. The predicted octanol–water partition coefficient (Wildman–Crippen LogP) is -1.21. The molecule has 0 aromatic rings. The topological polar surface area (TPSA) is 0 Å². The van der Waals surface area contributed by atoms with Crippen molar-refractivity contribution in [1.29, 1.82) is 0 Å². The SMILES string of the molecule is C1=CCCCC2CC[CH]([Zr+2][C]3=CC=CC3)C2=C1.[Cl-].[Cl-]. The second-order valence-corrected chi connectivity index (χ2v) is 9.32. The Labute approximate surface area is 140 Å². The maximum Gasteiger partial charge on any atom is -1.00 e. The van der Waals surface area contributed by atoms with Gasteiger partial charge in [-0.25, -0.2) is 0 Å². The molecule has 3 heteroatoms. The van der Waals surface area contributed by atoms with Crippen LogP contribution in [0.5, 0.6) is 0 Å². The van der Waals surface area contributed by atoms with Crippen LogP contribution in [0.2, 0.25) is 3.63 Å². The van der Waals surface area contributed by atoms with Crippen molar-refractivity contribution in [2.45, 2.75) is 42.2 Å². The minimum absolute atomic E-state index is 0. The molecule has 1 saturated carbocycles. The van der Waals surface area contributed by atoms with Crippen molar-refractivity contribution < 1.29 is 48.0 Å². The molecule has 1 fully saturated rings. The van der Waals surface area contributed by atoms with E-state index in [1.807, 2.05) is 8.85 Å². The summed E-state index contributed by atoms with van der Waals surface area (Å²) in [6.07, 6.45) is 22.6. The molecule has 0 aliphatic heterocycles. The maximum atomic E-state index is 2.48. The molecule has 19 heavy (non-hydrogen) atoms. The second kappa shape index (κ2) is 8.65. The van der Waals surface area contributed by atoms with E-state index in [1.165, 1.54) is 38.5 Å². The van der Waals surface area contributed by atoms with Crippen LogP contribution in [0.4, 0.5) is 0 Å². The van der Waals surface area contributed by atoms with Gasteiger partial charge >= 0.3 is 117 Å². The molecule has 0 aromatic heterocycles. The molecule has 3 aliphatic carbocycles. The van der Waals surface area contributed by atoms with Gasteiger partial charge in [-0.2, -0.15) is 0 Å². The third-order valence-corrected chi connectivity index (χ3v) is 8.36. The molecule has 102 valence electrons. The summed E-state index contributed by atoms with van der Waals surface area (Å²) < 4.78 is 2.82. The second-order valence-electron chi connectivity index (χ2n) is 5.32. The van der Waals surface area contributed by atoms with E-state index in [2.05, 4.69) is 36.5 Å². The number of halogens is 2. The van der Waals surface area contributed by atoms with Crippen molar-refractivity contribution in [3.63, 3.8) is 0 Å². The molecule has 0 N–H and O–H groups in total. The Morgan fingerprint density at radius 3 is 2.58 bits per heavy atom. The third-order valence-electron chi connectivity index (χ3n) is 4.16. The molecule has 0 aromatic carbocycles. The molecule has 0 radical (unpaired) electrons. The van der Waals surface area contributed by atoms with E-state index < -0.39 is 0 Å². The van der Waals surface area contributed by atoms with Gasteiger partial charge in [0.1, 0.15) is 0 Å². The molecule has 0 saturated heterocycles. The van der Waals surface area contributed by atoms with Crippen LogP contribution in [0.1, 0.15) is 38.5 Å². The molecule has 0 amide bonds. The van der Waals surface area contributed by atoms with Crippen molar-refractivity contribution in [2.75, 3.05) is 0 Å². The predicted molar refractivity (Wildman–Crippen MR) is 69.4 cm³/mol. The monoisotopic (exact) mass is 372 g/mol. The van der Waals surface area contributed by atoms with Gasteiger partial charge in [0.2, 0.25) is 0 Å².